The molecule has 3 aliphatic rings. The van der Waals surface area contributed by atoms with Crippen molar-refractivity contribution in [3.63, 3.8) is 0 Å². The van der Waals surface area contributed by atoms with Crippen molar-refractivity contribution in [2.45, 2.75) is 165 Å². The first-order valence-corrected chi connectivity index (χ1v) is 25.2. The van der Waals surface area contributed by atoms with Gasteiger partial charge in [0.25, 0.3) is 10.0 Å². The average Bonchev–Trinajstić information content (AvgIpc) is 4.05. The third-order valence-corrected chi connectivity index (χ3v) is 14.8. The van der Waals surface area contributed by atoms with Crippen LogP contribution in [0, 0.1) is 20.8 Å². The van der Waals surface area contributed by atoms with Crippen molar-refractivity contribution in [1.82, 2.24) is 30.5 Å². The van der Waals surface area contributed by atoms with Gasteiger partial charge in [0.15, 0.2) is 0 Å². The number of hydrogen-bond acceptors (Lipinski definition) is 11. The molecule has 378 valence electrons. The second-order valence-electron chi connectivity index (χ2n) is 19.5. The summed E-state index contributed by atoms with van der Waals surface area (Å²) in [5.41, 5.74) is 13.5. The Morgan fingerprint density at radius 1 is 0.928 bits per heavy atom. The number of carbonyl (C=O) groups excluding carboxylic acids is 5. The number of aliphatic imine (C=N–C) groups is 1. The van der Waals surface area contributed by atoms with Crippen LogP contribution < -0.4 is 36.9 Å². The van der Waals surface area contributed by atoms with E-state index in [1.165, 1.54) is 23.6 Å². The van der Waals surface area contributed by atoms with E-state index in [4.69, 9.17) is 16.2 Å². The van der Waals surface area contributed by atoms with Gasteiger partial charge in [-0.2, -0.15) is 0 Å². The lowest BCUT2D eigenvalue weighted by atomic mass is 9.94. The zero-order valence-corrected chi connectivity index (χ0v) is 41.8. The molecule has 0 aliphatic carbocycles. The highest BCUT2D eigenvalue weighted by Crippen LogP contribution is 2.43. The Morgan fingerprint density at radius 3 is 2.19 bits per heavy atom. The molecule has 0 aromatic heterocycles. The van der Waals surface area contributed by atoms with E-state index >= 15 is 0 Å². The monoisotopic (exact) mass is 978 g/mol. The third-order valence-electron chi connectivity index (χ3n) is 13.2. The van der Waals surface area contributed by atoms with Crippen molar-refractivity contribution in [2.24, 2.45) is 16.5 Å². The van der Waals surface area contributed by atoms with Gasteiger partial charge in [-0.05, 0) is 129 Å². The lowest BCUT2D eigenvalue weighted by Crippen LogP contribution is -2.62. The van der Waals surface area contributed by atoms with Crippen LogP contribution >= 0.6 is 0 Å². The van der Waals surface area contributed by atoms with Gasteiger partial charge in [-0.25, -0.2) is 17.9 Å². The first-order valence-electron chi connectivity index (χ1n) is 23.7. The van der Waals surface area contributed by atoms with Crippen LogP contribution in [0.25, 0.3) is 0 Å². The number of aliphatic carboxylic acids is 1. The molecule has 0 radical (unpaired) electrons. The van der Waals surface area contributed by atoms with E-state index in [-0.39, 0.29) is 62.6 Å². The van der Waals surface area contributed by atoms with E-state index in [0.29, 0.717) is 61.0 Å². The summed E-state index contributed by atoms with van der Waals surface area (Å²) in [6.45, 7) is 16.0. The molecule has 0 saturated carbocycles. The van der Waals surface area contributed by atoms with E-state index in [1.54, 1.807) is 19.9 Å². The third kappa shape index (κ3) is 13.2. The van der Waals surface area contributed by atoms with Crippen molar-refractivity contribution in [1.29, 1.82) is 0 Å². The maximum atomic E-state index is 14.3. The van der Waals surface area contributed by atoms with Crippen LogP contribution in [-0.4, -0.2) is 126 Å². The average molecular weight is 978 g/mol. The Bertz CT molecular complexity index is 2420. The Hall–Kier alpha value is -6.02. The largest absolute Gasteiger partial charge is 0.487 e. The summed E-state index contributed by atoms with van der Waals surface area (Å²) in [6.07, 6.45) is 5.62. The van der Waals surface area contributed by atoms with Crippen LogP contribution in [0.15, 0.2) is 52.9 Å². The molecule has 19 nitrogen and oxygen atoms in total. The van der Waals surface area contributed by atoms with Crippen molar-refractivity contribution >= 4 is 51.5 Å². The minimum atomic E-state index is -4.20. The van der Waals surface area contributed by atoms with Gasteiger partial charge in [0, 0.05) is 38.0 Å². The molecular weight excluding hydrogens is 907 g/mol. The van der Waals surface area contributed by atoms with E-state index in [0.717, 1.165) is 11.1 Å². The molecule has 2 fully saturated rings. The van der Waals surface area contributed by atoms with E-state index < -0.39 is 86.9 Å². The fourth-order valence-electron chi connectivity index (χ4n) is 9.34. The van der Waals surface area contributed by atoms with E-state index in [2.05, 4.69) is 32.2 Å². The molecule has 5 atom stereocenters. The second kappa shape index (κ2) is 22.6. The summed E-state index contributed by atoms with van der Waals surface area (Å²) >= 11 is 0. The summed E-state index contributed by atoms with van der Waals surface area (Å²) in [5, 5.41) is 18.2. The van der Waals surface area contributed by atoms with Crippen LogP contribution in [0.4, 0.5) is 0 Å². The molecule has 5 rings (SSSR count). The molecule has 2 aromatic rings. The van der Waals surface area contributed by atoms with Crippen LogP contribution in [0.2, 0.25) is 0 Å². The number of unbranched alkanes of at least 4 members (excludes halogenated alkanes) is 1. The van der Waals surface area contributed by atoms with Crippen LogP contribution in [0.1, 0.15) is 113 Å². The molecule has 0 unspecified atom stereocenters. The summed E-state index contributed by atoms with van der Waals surface area (Å²) in [7, 11) is -4.20. The molecule has 3 heterocycles. The highest BCUT2D eigenvalue weighted by Gasteiger charge is 2.43. The first-order chi connectivity index (χ1) is 32.4. The fourth-order valence-corrected chi connectivity index (χ4v) is 10.9. The standard InChI is InChI=1S/C49H71N9O10S/c1-9-10-12-20-34(50)41(59)53-36(27-32-18-13-11-14-19-32)44(62)57-25-16-22-37(57)42(60)55-49(7,8)46(65)54-35(43(61)58-26-17-23-38(58)45(63)64)21-15-24-52-47(51)56-69(66,67)40-30(3)29(2)39-33(31(40)4)28-48(5,6)68-39/h9,11,13-14,18-19,34-38H,1,10,12,15-17,20-28,50H2,2-8H3,(H,53,59)(H,54,65)(H,55,60)(H,63,64)(H3,51,52,56)/t34-,35-,36-,37-,38-/m0/s1. The molecule has 2 aromatic carbocycles. The molecular formula is C49H71N9O10S. The minimum Gasteiger partial charge on any atom is -0.487 e. The van der Waals surface area contributed by atoms with E-state index in [1.807, 2.05) is 51.1 Å². The van der Waals surface area contributed by atoms with Crippen molar-refractivity contribution in [3.8, 4) is 5.75 Å². The molecule has 2 saturated heterocycles. The van der Waals surface area contributed by atoms with E-state index in [9.17, 15) is 42.3 Å². The molecule has 0 bridgehead atoms. The number of nitrogens with one attached hydrogen (secondary N) is 4. The lowest BCUT2D eigenvalue weighted by molar-refractivity contribution is -0.149. The zero-order valence-electron chi connectivity index (χ0n) is 41.0. The predicted octanol–water partition coefficient (Wildman–Crippen LogP) is 2.56. The Labute approximate surface area is 405 Å². The van der Waals surface area contributed by atoms with Gasteiger partial charge >= 0.3 is 5.97 Å². The van der Waals surface area contributed by atoms with Gasteiger partial charge in [-0.3, -0.25) is 29.0 Å². The van der Waals surface area contributed by atoms with Gasteiger partial charge in [-0.1, -0.05) is 36.4 Å². The number of guanidine groups is 1. The highest BCUT2D eigenvalue weighted by molar-refractivity contribution is 7.90. The minimum absolute atomic E-state index is 0.0453. The number of fused-ring (bicyclic) bond motifs is 1. The number of sulfonamides is 1. The number of carboxylic acid groups (broad SMARTS) is 1. The number of nitrogens with zero attached hydrogens (tertiary/aromatic N) is 3. The first kappa shape index (κ1) is 53.9. The summed E-state index contributed by atoms with van der Waals surface area (Å²) < 4.78 is 36.0. The number of rotatable bonds is 21. The SMILES string of the molecule is C=CCCC[C@H](N)C(=O)N[C@@H](Cc1ccccc1)C(=O)N1CCC[C@H]1C(=O)NC(C)(C)C(=O)N[C@@H](CCCN=C(N)NS(=O)(=O)c1c(C)c(C)c2c(c1C)CC(C)(C)O2)C(=O)N1CCC[C@H]1C(=O)O. The number of ether oxygens (including phenoxy) is 1. The molecule has 20 heteroatoms. The van der Waals surface area contributed by atoms with Gasteiger partial charge < -0.3 is 47.1 Å². The molecule has 69 heavy (non-hydrogen) atoms. The smallest absolute Gasteiger partial charge is 0.326 e. The molecule has 5 amide bonds. The lowest BCUT2D eigenvalue weighted by Gasteiger charge is -2.33. The topological polar surface area (TPSA) is 285 Å². The second-order valence-corrected chi connectivity index (χ2v) is 21.1. The van der Waals surface area contributed by atoms with Gasteiger partial charge in [-0.15, -0.1) is 6.58 Å². The maximum Gasteiger partial charge on any atom is 0.326 e. The highest BCUT2D eigenvalue weighted by atomic mass is 32.2. The van der Waals surface area contributed by atoms with Gasteiger partial charge in [0.2, 0.25) is 35.5 Å². The Kier molecular flexibility index (Phi) is 17.7. The summed E-state index contributed by atoms with van der Waals surface area (Å²) in [5.74, 6) is -3.88. The molecule has 9 N–H and O–H groups in total. The Morgan fingerprint density at radius 2 is 1.55 bits per heavy atom. The maximum absolute atomic E-state index is 14.3. The number of amides is 5. The number of allylic oxidation sites excluding steroid dienone is 1. The number of carbonyl (C=O) groups is 6. The van der Waals surface area contributed by atoms with Crippen molar-refractivity contribution in [3.05, 3.63) is 70.8 Å². The van der Waals surface area contributed by atoms with Crippen molar-refractivity contribution < 1.29 is 47.0 Å². The normalized spacial score (nSPS) is 19.2. The summed E-state index contributed by atoms with van der Waals surface area (Å²) in [6, 6.07) is 3.89. The predicted molar refractivity (Wildman–Crippen MR) is 260 cm³/mol. The molecule has 0 spiro atoms. The van der Waals surface area contributed by atoms with Gasteiger partial charge in [0.1, 0.15) is 41.1 Å². The van der Waals surface area contributed by atoms with Crippen molar-refractivity contribution in [2.75, 3.05) is 19.6 Å². The van der Waals surface area contributed by atoms with Gasteiger partial charge in [0.05, 0.1) is 10.9 Å². The zero-order chi connectivity index (χ0) is 51.0. The van der Waals surface area contributed by atoms with Crippen LogP contribution in [-0.2, 0) is 51.6 Å². The number of nitrogens with two attached hydrogens (primary N) is 2. The number of hydrogen-bond donors (Lipinski definition) is 7. The molecule has 3 aliphatic heterocycles. The number of benzene rings is 2. The summed E-state index contributed by atoms with van der Waals surface area (Å²) in [4.78, 5) is 88.7. The fraction of sp³-hybridized carbons (Fsp3) is 0.571. The number of carboxylic acids is 1. The van der Waals surface area contributed by atoms with Crippen LogP contribution in [0.5, 0.6) is 5.75 Å². The quantitative estimate of drug-likeness (QED) is 0.0412. The Balaban J connectivity index is 1.27. The number of likely N-dealkylation sites (tertiary alicyclic amines) is 2. The van der Waals surface area contributed by atoms with Crippen LogP contribution in [0.3, 0.4) is 0 Å².